The molecule has 0 radical (unpaired) electrons. The molecule has 1 aromatic carbocycles. The van der Waals surface area contributed by atoms with E-state index in [9.17, 15) is 13.8 Å². The normalized spacial score (nSPS) is 16.0. The third-order valence-corrected chi connectivity index (χ3v) is 3.64. The zero-order chi connectivity index (χ0) is 13.1. The highest BCUT2D eigenvalue weighted by atomic mass is 35.7. The first-order valence-electron chi connectivity index (χ1n) is 4.83. The minimum atomic E-state index is -3.66. The van der Waals surface area contributed by atoms with Gasteiger partial charge in [-0.2, -0.15) is 0 Å². The van der Waals surface area contributed by atoms with Crippen LogP contribution in [-0.4, -0.2) is 11.8 Å². The average molecular weight is 280 g/mol. The fraction of sp³-hybridized carbons (Fsp3) is 0.300. The molecule has 0 saturated carbocycles. The molecule has 7 heteroatoms. The van der Waals surface area contributed by atoms with Gasteiger partial charge in [-0.15, -0.1) is 0 Å². The van der Waals surface area contributed by atoms with Crippen molar-refractivity contribution in [1.82, 2.24) is 5.09 Å². The van der Waals surface area contributed by atoms with Crippen LogP contribution in [0, 0.1) is 5.82 Å². The Kier molecular flexibility index (Phi) is 4.69. The molecule has 0 amide bonds. The second-order valence-corrected chi connectivity index (χ2v) is 6.22. The van der Waals surface area contributed by atoms with Crippen molar-refractivity contribution in [1.29, 1.82) is 0 Å². The Morgan fingerprint density at radius 1 is 1.47 bits per heavy atom. The summed E-state index contributed by atoms with van der Waals surface area (Å²) in [6.07, 6.45) is 0. The van der Waals surface area contributed by atoms with Crippen LogP contribution >= 0.6 is 18.1 Å². The Bertz CT molecular complexity index is 451. The van der Waals surface area contributed by atoms with Gasteiger partial charge in [0.25, 0.3) is 0 Å². The minimum Gasteiger partial charge on any atom is -0.422 e. The third kappa shape index (κ3) is 4.86. The van der Waals surface area contributed by atoms with Crippen LogP contribution in [-0.2, 0) is 9.36 Å². The van der Waals surface area contributed by atoms with Crippen LogP contribution in [0.5, 0.6) is 5.75 Å². The largest absolute Gasteiger partial charge is 0.422 e. The summed E-state index contributed by atoms with van der Waals surface area (Å²) in [7, 11) is 0. The molecule has 17 heavy (non-hydrogen) atoms. The number of rotatable bonds is 5. The molecule has 4 nitrogen and oxygen atoms in total. The van der Waals surface area contributed by atoms with Crippen LogP contribution in [0.4, 0.5) is 4.39 Å². The summed E-state index contributed by atoms with van der Waals surface area (Å²) >= 11 is 5.63. The fourth-order valence-electron chi connectivity index (χ4n) is 0.980. The molecular weight excluding hydrogens is 268 g/mol. The number of hydrogen-bond acceptors (Lipinski definition) is 3. The first-order chi connectivity index (χ1) is 7.80. The molecule has 0 aliphatic rings. The van der Waals surface area contributed by atoms with Gasteiger partial charge in [0, 0.05) is 11.2 Å². The number of carbonyl (C=O) groups excluding carboxylic acids is 1. The smallest absolute Gasteiger partial charge is 0.409 e. The van der Waals surface area contributed by atoms with Gasteiger partial charge in [0.05, 0.1) is 6.04 Å². The van der Waals surface area contributed by atoms with E-state index in [-0.39, 0.29) is 11.5 Å². The van der Waals surface area contributed by atoms with Crippen LogP contribution < -0.4 is 9.61 Å². The maximum atomic E-state index is 12.6. The molecule has 0 aliphatic heterocycles. The number of Topliss-reactive ketones (excluding diaryl/α,β-unsaturated/α-hetero) is 1. The summed E-state index contributed by atoms with van der Waals surface area (Å²) in [5.41, 5.74) is 0. The summed E-state index contributed by atoms with van der Waals surface area (Å²) in [4.78, 5) is 11.0. The van der Waals surface area contributed by atoms with E-state index in [4.69, 9.17) is 15.8 Å². The van der Waals surface area contributed by atoms with Crippen LogP contribution in [0.25, 0.3) is 0 Å². The molecule has 0 spiro atoms. The second kappa shape index (κ2) is 5.63. The minimum absolute atomic E-state index is 0.160. The zero-order valence-corrected chi connectivity index (χ0v) is 11.0. The molecule has 1 unspecified atom stereocenters. The van der Waals surface area contributed by atoms with Gasteiger partial charge >= 0.3 is 6.87 Å². The summed E-state index contributed by atoms with van der Waals surface area (Å²) in [6, 6.07) is 4.22. The molecule has 94 valence electrons. The van der Waals surface area contributed by atoms with Crippen molar-refractivity contribution in [3.63, 3.8) is 0 Å². The number of nitrogens with one attached hydrogen (secondary N) is 1. The van der Waals surface area contributed by atoms with Crippen molar-refractivity contribution >= 4 is 23.9 Å². The monoisotopic (exact) mass is 279 g/mol. The molecule has 0 saturated heterocycles. The maximum absolute atomic E-state index is 12.6. The number of hydrogen-bond donors (Lipinski definition) is 1. The van der Waals surface area contributed by atoms with Gasteiger partial charge in [-0.1, -0.05) is 0 Å². The maximum Gasteiger partial charge on any atom is 0.409 e. The van der Waals surface area contributed by atoms with E-state index in [1.54, 1.807) is 0 Å². The number of carbonyl (C=O) groups is 1. The molecule has 1 rings (SSSR count). The first-order valence-corrected chi connectivity index (χ1v) is 7.36. The highest BCUT2D eigenvalue weighted by Gasteiger charge is 2.25. The van der Waals surface area contributed by atoms with Gasteiger partial charge in [-0.3, -0.25) is 4.79 Å². The molecule has 2 atom stereocenters. The lowest BCUT2D eigenvalue weighted by atomic mass is 10.3. The van der Waals surface area contributed by atoms with E-state index in [0.717, 1.165) is 12.1 Å². The van der Waals surface area contributed by atoms with Crippen molar-refractivity contribution in [2.75, 3.05) is 0 Å². The topological polar surface area (TPSA) is 55.4 Å². The molecule has 1 aromatic rings. The van der Waals surface area contributed by atoms with Gasteiger partial charge in [0.1, 0.15) is 17.3 Å². The lowest BCUT2D eigenvalue weighted by Gasteiger charge is -2.17. The summed E-state index contributed by atoms with van der Waals surface area (Å²) in [5.74, 6) is -0.492. The molecule has 0 aliphatic carbocycles. The van der Waals surface area contributed by atoms with Crippen molar-refractivity contribution in [3.05, 3.63) is 30.1 Å². The quantitative estimate of drug-likeness (QED) is 0.842. The molecule has 0 heterocycles. The Morgan fingerprint density at radius 3 is 2.47 bits per heavy atom. The molecule has 0 bridgehead atoms. The van der Waals surface area contributed by atoms with Crippen molar-refractivity contribution in [2.45, 2.75) is 19.9 Å². The van der Waals surface area contributed by atoms with E-state index in [2.05, 4.69) is 5.09 Å². The van der Waals surface area contributed by atoms with Crippen molar-refractivity contribution in [3.8, 4) is 5.75 Å². The van der Waals surface area contributed by atoms with E-state index in [1.165, 1.54) is 26.0 Å². The predicted molar refractivity (Wildman–Crippen MR) is 63.8 cm³/mol. The van der Waals surface area contributed by atoms with E-state index >= 15 is 0 Å². The van der Waals surface area contributed by atoms with Gasteiger partial charge < -0.3 is 4.52 Å². The van der Waals surface area contributed by atoms with Gasteiger partial charge in [-0.25, -0.2) is 14.0 Å². The number of ketones is 1. The van der Waals surface area contributed by atoms with E-state index in [1.807, 2.05) is 0 Å². The predicted octanol–water partition coefficient (Wildman–Crippen LogP) is 3.12. The highest BCUT2D eigenvalue weighted by Crippen LogP contribution is 2.48. The Hall–Kier alpha value is -0.900. The average Bonchev–Trinajstić information content (AvgIpc) is 2.20. The SMILES string of the molecule is CC(=O)[C@H](C)NP(=O)(Cl)Oc1ccc(F)cc1. The molecule has 0 fully saturated rings. The highest BCUT2D eigenvalue weighted by molar-refractivity contribution is 7.84. The number of halogens is 2. The summed E-state index contributed by atoms with van der Waals surface area (Å²) < 4.78 is 29.4. The van der Waals surface area contributed by atoms with Gasteiger partial charge in [-0.05, 0) is 38.1 Å². The van der Waals surface area contributed by atoms with Gasteiger partial charge in [0.15, 0.2) is 0 Å². The summed E-state index contributed by atoms with van der Waals surface area (Å²) in [6.45, 7) is -0.802. The Balaban J connectivity index is 2.69. The van der Waals surface area contributed by atoms with Crippen molar-refractivity contribution in [2.24, 2.45) is 0 Å². The molecule has 0 aromatic heterocycles. The van der Waals surface area contributed by atoms with E-state index < -0.39 is 18.7 Å². The Morgan fingerprint density at radius 2 is 2.00 bits per heavy atom. The van der Waals surface area contributed by atoms with Gasteiger partial charge in [0.2, 0.25) is 0 Å². The van der Waals surface area contributed by atoms with Crippen molar-refractivity contribution < 1.29 is 18.3 Å². The van der Waals surface area contributed by atoms with Crippen LogP contribution in [0.15, 0.2) is 24.3 Å². The first kappa shape index (κ1) is 14.2. The standard InChI is InChI=1S/C10H12ClFNO3P/c1-7(8(2)14)13-17(11,15)16-10-5-3-9(12)4-6-10/h3-7H,1-2H3,(H,13,15)/t7-,17?/m0/s1. The lowest BCUT2D eigenvalue weighted by molar-refractivity contribution is -0.118. The third-order valence-electron chi connectivity index (χ3n) is 1.99. The molecular formula is C10H12ClFNO3P. The second-order valence-electron chi connectivity index (χ2n) is 3.49. The Labute approximate surface area is 103 Å². The van der Waals surface area contributed by atoms with E-state index in [0.29, 0.717) is 0 Å². The number of benzene rings is 1. The fourth-order valence-corrected chi connectivity index (χ4v) is 2.75. The van der Waals surface area contributed by atoms with Crippen LogP contribution in [0.3, 0.4) is 0 Å². The summed E-state index contributed by atoms with van der Waals surface area (Å²) in [5, 5.41) is 2.37. The lowest BCUT2D eigenvalue weighted by Crippen LogP contribution is -2.29. The van der Waals surface area contributed by atoms with Crippen LogP contribution in [0.2, 0.25) is 0 Å². The zero-order valence-electron chi connectivity index (χ0n) is 9.31. The molecule has 1 N–H and O–H groups in total. The van der Waals surface area contributed by atoms with Crippen LogP contribution in [0.1, 0.15) is 13.8 Å².